The van der Waals surface area contributed by atoms with E-state index in [1.165, 1.54) is 12.0 Å². The Labute approximate surface area is 222 Å². The van der Waals surface area contributed by atoms with Gasteiger partial charge in [0.1, 0.15) is 6.54 Å². The van der Waals surface area contributed by atoms with Crippen LogP contribution in [-0.4, -0.2) is 39.6 Å². The summed E-state index contributed by atoms with van der Waals surface area (Å²) in [4.78, 5) is 51.7. The Morgan fingerprint density at radius 1 is 0.947 bits per heavy atom. The molecule has 1 aliphatic heterocycles. The van der Waals surface area contributed by atoms with E-state index in [1.807, 2.05) is 54.6 Å². The van der Waals surface area contributed by atoms with Gasteiger partial charge in [-0.05, 0) is 53.7 Å². The summed E-state index contributed by atoms with van der Waals surface area (Å²) < 4.78 is 6.49. The normalized spacial score (nSPS) is 14.3. The molecule has 1 aromatic heterocycles. The fourth-order valence-corrected chi connectivity index (χ4v) is 5.06. The number of esters is 1. The van der Waals surface area contributed by atoms with Gasteiger partial charge in [0, 0.05) is 28.4 Å². The van der Waals surface area contributed by atoms with Crippen LogP contribution in [0.4, 0.5) is 10.5 Å². The van der Waals surface area contributed by atoms with Crippen LogP contribution in [0.5, 0.6) is 0 Å². The van der Waals surface area contributed by atoms with Crippen molar-refractivity contribution in [3.63, 3.8) is 0 Å². The number of ether oxygens (including phenoxy) is 1. The van der Waals surface area contributed by atoms with Crippen molar-refractivity contribution in [1.29, 1.82) is 0 Å². The maximum Gasteiger partial charge on any atom is 0.337 e. The molecule has 0 radical (unpaired) electrons. The van der Waals surface area contributed by atoms with Crippen molar-refractivity contribution in [2.24, 2.45) is 0 Å². The fraction of sp³-hybridized carbons (Fsp3) is 0.103. The standard InChI is InChI=1S/C29H23N3O5S/c1-37-28(35)20-11-13-22(14-12-20)30-26(33)18-31-17-21(23-9-5-6-10-24(23)31)15-25-27(34)32(29(36)38-25)16-19-7-3-2-4-8-19/h2-15,17H,16,18H2,1H3,(H,30,33)/b25-15-. The Morgan fingerprint density at radius 3 is 2.39 bits per heavy atom. The quantitative estimate of drug-likeness (QED) is 0.260. The van der Waals surface area contributed by atoms with Crippen molar-refractivity contribution in [3.05, 3.63) is 107 Å². The lowest BCUT2D eigenvalue weighted by Crippen LogP contribution is -2.27. The van der Waals surface area contributed by atoms with Crippen LogP contribution >= 0.6 is 11.8 Å². The zero-order chi connectivity index (χ0) is 26.6. The molecule has 38 heavy (non-hydrogen) atoms. The molecule has 0 aliphatic carbocycles. The van der Waals surface area contributed by atoms with Gasteiger partial charge in [-0.15, -0.1) is 0 Å². The maximum absolute atomic E-state index is 13.0. The summed E-state index contributed by atoms with van der Waals surface area (Å²) in [6, 6.07) is 23.4. The maximum atomic E-state index is 13.0. The van der Waals surface area contributed by atoms with E-state index in [4.69, 9.17) is 4.74 Å². The van der Waals surface area contributed by atoms with Crippen molar-refractivity contribution in [1.82, 2.24) is 9.47 Å². The van der Waals surface area contributed by atoms with Crippen LogP contribution in [0.2, 0.25) is 0 Å². The molecule has 3 amide bonds. The summed E-state index contributed by atoms with van der Waals surface area (Å²) in [7, 11) is 1.31. The number of amides is 3. The van der Waals surface area contributed by atoms with Crippen LogP contribution in [0.25, 0.3) is 17.0 Å². The van der Waals surface area contributed by atoms with E-state index in [9.17, 15) is 19.2 Å². The van der Waals surface area contributed by atoms with Gasteiger partial charge < -0.3 is 14.6 Å². The van der Waals surface area contributed by atoms with Crippen LogP contribution in [-0.2, 0) is 27.4 Å². The van der Waals surface area contributed by atoms with Gasteiger partial charge in [-0.2, -0.15) is 0 Å². The molecule has 2 heterocycles. The van der Waals surface area contributed by atoms with Gasteiger partial charge in [-0.1, -0.05) is 48.5 Å². The highest BCUT2D eigenvalue weighted by Crippen LogP contribution is 2.35. The second-order valence-electron chi connectivity index (χ2n) is 8.60. The van der Waals surface area contributed by atoms with Gasteiger partial charge in [0.2, 0.25) is 5.91 Å². The first-order valence-corrected chi connectivity index (χ1v) is 12.6. The first-order chi connectivity index (χ1) is 18.4. The number of para-hydroxylation sites is 1. The molecule has 0 spiro atoms. The number of carbonyl (C=O) groups excluding carboxylic acids is 4. The number of fused-ring (bicyclic) bond motifs is 1. The van der Waals surface area contributed by atoms with E-state index in [0.29, 0.717) is 16.2 Å². The van der Waals surface area contributed by atoms with Crippen LogP contribution in [0, 0.1) is 0 Å². The molecule has 8 nitrogen and oxygen atoms in total. The molecular weight excluding hydrogens is 502 g/mol. The molecule has 9 heteroatoms. The summed E-state index contributed by atoms with van der Waals surface area (Å²) >= 11 is 0.911. The van der Waals surface area contributed by atoms with E-state index in [0.717, 1.165) is 33.8 Å². The first kappa shape index (κ1) is 25.0. The highest BCUT2D eigenvalue weighted by Gasteiger charge is 2.35. The second-order valence-corrected chi connectivity index (χ2v) is 9.59. The lowest BCUT2D eigenvalue weighted by molar-refractivity contribution is -0.123. The molecule has 0 bridgehead atoms. The lowest BCUT2D eigenvalue weighted by atomic mass is 10.1. The molecule has 5 rings (SSSR count). The van der Waals surface area contributed by atoms with Gasteiger partial charge in [0.05, 0.1) is 24.1 Å². The highest BCUT2D eigenvalue weighted by molar-refractivity contribution is 8.18. The monoisotopic (exact) mass is 525 g/mol. The molecule has 0 unspecified atom stereocenters. The molecule has 1 fully saturated rings. The number of hydrogen-bond donors (Lipinski definition) is 1. The number of rotatable bonds is 7. The third-order valence-electron chi connectivity index (χ3n) is 6.07. The van der Waals surface area contributed by atoms with Crippen molar-refractivity contribution in [2.45, 2.75) is 13.1 Å². The average Bonchev–Trinajstić information content (AvgIpc) is 3.40. The molecular formula is C29H23N3O5S. The summed E-state index contributed by atoms with van der Waals surface area (Å²) in [6.07, 6.45) is 3.51. The van der Waals surface area contributed by atoms with Crippen LogP contribution in [0.3, 0.4) is 0 Å². The number of nitrogens with one attached hydrogen (secondary N) is 1. The second kappa shape index (κ2) is 10.8. The highest BCUT2D eigenvalue weighted by atomic mass is 32.2. The predicted octanol–water partition coefficient (Wildman–Crippen LogP) is 5.30. The topological polar surface area (TPSA) is 97.7 Å². The molecule has 190 valence electrons. The van der Waals surface area contributed by atoms with Crippen molar-refractivity contribution in [3.8, 4) is 0 Å². The Morgan fingerprint density at radius 2 is 1.66 bits per heavy atom. The van der Waals surface area contributed by atoms with Gasteiger partial charge in [-0.25, -0.2) is 4.79 Å². The minimum atomic E-state index is -0.452. The van der Waals surface area contributed by atoms with Crippen molar-refractivity contribution in [2.75, 3.05) is 12.4 Å². The lowest BCUT2D eigenvalue weighted by Gasteiger charge is -2.12. The van der Waals surface area contributed by atoms with Crippen molar-refractivity contribution < 1.29 is 23.9 Å². The molecule has 3 aromatic carbocycles. The number of methoxy groups -OCH3 is 1. The predicted molar refractivity (Wildman–Crippen MR) is 146 cm³/mol. The van der Waals surface area contributed by atoms with Gasteiger partial charge in [-0.3, -0.25) is 19.3 Å². The third-order valence-corrected chi connectivity index (χ3v) is 6.97. The van der Waals surface area contributed by atoms with Crippen LogP contribution < -0.4 is 5.32 Å². The van der Waals surface area contributed by atoms with Crippen molar-refractivity contribution >= 4 is 57.5 Å². The van der Waals surface area contributed by atoms with E-state index in [-0.39, 0.29) is 30.1 Å². The summed E-state index contributed by atoms with van der Waals surface area (Å²) in [5, 5.41) is 3.37. The minimum Gasteiger partial charge on any atom is -0.465 e. The fourth-order valence-electron chi connectivity index (χ4n) is 4.23. The molecule has 1 saturated heterocycles. The van der Waals surface area contributed by atoms with Gasteiger partial charge in [0.25, 0.3) is 11.1 Å². The SMILES string of the molecule is COC(=O)c1ccc(NC(=O)Cn2cc(/C=C3\SC(=O)N(Cc4ccccc4)C3=O)c3ccccc32)cc1. The number of hydrogen-bond acceptors (Lipinski definition) is 6. The number of thioether (sulfide) groups is 1. The summed E-state index contributed by atoms with van der Waals surface area (Å²) in [6.45, 7) is 0.244. The van der Waals surface area contributed by atoms with Gasteiger partial charge in [0.15, 0.2) is 0 Å². The van der Waals surface area contributed by atoms with E-state index in [2.05, 4.69) is 5.32 Å². The molecule has 0 atom stereocenters. The Kier molecular flexibility index (Phi) is 7.10. The zero-order valence-electron chi connectivity index (χ0n) is 20.4. The number of nitrogens with zero attached hydrogens (tertiary/aromatic N) is 2. The Balaban J connectivity index is 1.35. The number of carbonyl (C=O) groups is 4. The number of benzene rings is 3. The molecule has 1 N–H and O–H groups in total. The number of aromatic nitrogens is 1. The first-order valence-electron chi connectivity index (χ1n) is 11.8. The van der Waals surface area contributed by atoms with Crippen LogP contribution in [0.15, 0.2) is 90.0 Å². The third kappa shape index (κ3) is 5.23. The summed E-state index contributed by atoms with van der Waals surface area (Å²) in [5.74, 6) is -1.05. The Bertz CT molecular complexity index is 1580. The smallest absolute Gasteiger partial charge is 0.337 e. The van der Waals surface area contributed by atoms with E-state index in [1.54, 1.807) is 41.1 Å². The molecule has 0 saturated carbocycles. The molecule has 1 aliphatic rings. The van der Waals surface area contributed by atoms with E-state index < -0.39 is 5.97 Å². The average molecular weight is 526 g/mol. The minimum absolute atomic E-state index is 0.0303. The van der Waals surface area contributed by atoms with Crippen LogP contribution in [0.1, 0.15) is 21.5 Å². The molecule has 4 aromatic rings. The largest absolute Gasteiger partial charge is 0.465 e. The zero-order valence-corrected chi connectivity index (χ0v) is 21.2. The van der Waals surface area contributed by atoms with E-state index >= 15 is 0 Å². The summed E-state index contributed by atoms with van der Waals surface area (Å²) in [5.41, 5.74) is 3.37. The van der Waals surface area contributed by atoms with Gasteiger partial charge >= 0.3 is 5.97 Å². The Hall–Kier alpha value is -4.63. The number of anilines is 1. The number of imide groups is 1.